The zero-order valence-corrected chi connectivity index (χ0v) is 12.9. The summed E-state index contributed by atoms with van der Waals surface area (Å²) >= 11 is 0. The predicted molar refractivity (Wildman–Crippen MR) is 71.5 cm³/mol. The Labute approximate surface area is 128 Å². The Hall–Kier alpha value is -0.730. The number of aliphatic hydroxyl groups excluding tert-OH is 1. The van der Waals surface area contributed by atoms with Gasteiger partial charge in [0.1, 0.15) is 11.7 Å². The third-order valence-electron chi connectivity index (χ3n) is 5.80. The fraction of sp³-hybridized carbons (Fsp3) is 0.933. The molecule has 2 spiro atoms. The Kier molecular flexibility index (Phi) is 3.13. The summed E-state index contributed by atoms with van der Waals surface area (Å²) in [5.74, 6) is -1.24. The molecule has 2 bridgehead atoms. The molecule has 0 aromatic heterocycles. The molecule has 3 heterocycles. The minimum absolute atomic E-state index is 0.484. The van der Waals surface area contributed by atoms with E-state index in [1.54, 1.807) is 0 Å². The molecule has 1 saturated carbocycles. The van der Waals surface area contributed by atoms with Crippen molar-refractivity contribution in [2.45, 2.75) is 69.6 Å². The number of hydrogen-bond acceptors (Lipinski definition) is 7. The van der Waals surface area contributed by atoms with Gasteiger partial charge in [-0.1, -0.05) is 6.92 Å². The quantitative estimate of drug-likeness (QED) is 0.713. The second-order valence-electron chi connectivity index (χ2n) is 6.84. The average Bonchev–Trinajstić information content (AvgIpc) is 3.00. The Morgan fingerprint density at radius 1 is 1.27 bits per heavy atom. The van der Waals surface area contributed by atoms with Gasteiger partial charge in [0.15, 0.2) is 12.1 Å². The highest BCUT2D eigenvalue weighted by Gasteiger charge is 2.76. The van der Waals surface area contributed by atoms with E-state index in [2.05, 4.69) is 0 Å². The van der Waals surface area contributed by atoms with Gasteiger partial charge in [-0.15, -0.1) is 0 Å². The number of hydrogen-bond donors (Lipinski definition) is 1. The molecule has 124 valence electrons. The molecule has 1 N–H and O–H groups in total. The third-order valence-corrected chi connectivity index (χ3v) is 5.80. The zero-order chi connectivity index (χ0) is 15.6. The normalized spacial score (nSPS) is 49.1. The fourth-order valence-corrected chi connectivity index (χ4v) is 4.82. The molecule has 22 heavy (non-hydrogen) atoms. The van der Waals surface area contributed by atoms with Crippen molar-refractivity contribution < 1.29 is 33.6 Å². The standard InChI is InChI=1S/C15H22O7/c1-9(16)20-12-11(17)14-4-3-5-15(18-6-7-19-15)13(14,2)8-10(21-12)22-14/h10-12,17H,3-8H2,1-2H3/t10-,11-,12+,13+,14-/m1/s1. The molecular formula is C15H22O7. The summed E-state index contributed by atoms with van der Waals surface area (Å²) in [6.45, 7) is 4.41. The van der Waals surface area contributed by atoms with Gasteiger partial charge < -0.3 is 28.8 Å². The van der Waals surface area contributed by atoms with Crippen LogP contribution in [-0.4, -0.2) is 54.4 Å². The van der Waals surface area contributed by atoms with Gasteiger partial charge in [-0.2, -0.15) is 0 Å². The molecule has 4 aliphatic rings. The molecule has 1 aliphatic carbocycles. The molecule has 4 fully saturated rings. The first kappa shape index (κ1) is 14.8. The van der Waals surface area contributed by atoms with E-state index in [0.717, 1.165) is 12.8 Å². The number of aliphatic hydroxyl groups is 1. The summed E-state index contributed by atoms with van der Waals surface area (Å²) < 4.78 is 28.8. The molecule has 3 aliphatic heterocycles. The van der Waals surface area contributed by atoms with Crippen LogP contribution in [0.4, 0.5) is 0 Å². The Balaban J connectivity index is 1.74. The number of rotatable bonds is 1. The van der Waals surface area contributed by atoms with Crippen LogP contribution in [0.1, 0.15) is 39.5 Å². The van der Waals surface area contributed by atoms with Crippen molar-refractivity contribution in [1.82, 2.24) is 0 Å². The molecular weight excluding hydrogens is 292 g/mol. The van der Waals surface area contributed by atoms with Gasteiger partial charge in [0, 0.05) is 19.8 Å². The minimum Gasteiger partial charge on any atom is -0.433 e. The van der Waals surface area contributed by atoms with Crippen molar-refractivity contribution in [2.75, 3.05) is 13.2 Å². The summed E-state index contributed by atoms with van der Waals surface area (Å²) in [6, 6.07) is 0. The van der Waals surface area contributed by atoms with Crippen LogP contribution in [-0.2, 0) is 28.5 Å². The molecule has 7 nitrogen and oxygen atoms in total. The highest BCUT2D eigenvalue weighted by Crippen LogP contribution is 2.65. The number of esters is 1. The molecule has 5 atom stereocenters. The number of carbonyl (C=O) groups excluding carboxylic acids is 1. The maximum absolute atomic E-state index is 11.3. The van der Waals surface area contributed by atoms with Gasteiger partial charge in [0.05, 0.1) is 18.6 Å². The van der Waals surface area contributed by atoms with Crippen molar-refractivity contribution in [3.8, 4) is 0 Å². The van der Waals surface area contributed by atoms with Crippen LogP contribution in [0.5, 0.6) is 0 Å². The van der Waals surface area contributed by atoms with Crippen molar-refractivity contribution in [3.05, 3.63) is 0 Å². The van der Waals surface area contributed by atoms with Gasteiger partial charge in [-0.05, 0) is 12.8 Å². The van der Waals surface area contributed by atoms with Crippen LogP contribution in [0.3, 0.4) is 0 Å². The van der Waals surface area contributed by atoms with Crippen LogP contribution >= 0.6 is 0 Å². The van der Waals surface area contributed by atoms with Gasteiger partial charge in [-0.3, -0.25) is 4.79 Å². The first-order valence-electron chi connectivity index (χ1n) is 7.89. The summed E-state index contributed by atoms with van der Waals surface area (Å²) in [4.78, 5) is 11.3. The Morgan fingerprint density at radius 2 is 2.00 bits per heavy atom. The topological polar surface area (TPSA) is 83.5 Å². The molecule has 3 saturated heterocycles. The van der Waals surface area contributed by atoms with Crippen LogP contribution in [0, 0.1) is 5.41 Å². The Morgan fingerprint density at radius 3 is 2.68 bits per heavy atom. The summed E-state index contributed by atoms with van der Waals surface area (Å²) in [6.07, 6.45) is 0.192. The highest BCUT2D eigenvalue weighted by atomic mass is 16.8. The molecule has 0 unspecified atom stereocenters. The maximum Gasteiger partial charge on any atom is 0.305 e. The minimum atomic E-state index is -1.06. The van der Waals surface area contributed by atoms with Gasteiger partial charge in [0.25, 0.3) is 0 Å². The molecule has 0 amide bonds. The lowest BCUT2D eigenvalue weighted by molar-refractivity contribution is -0.374. The number of fused-ring (bicyclic) bond motifs is 2. The summed E-state index contributed by atoms with van der Waals surface area (Å²) in [5, 5.41) is 10.9. The van der Waals surface area contributed by atoms with E-state index in [1.165, 1.54) is 6.92 Å². The first-order valence-corrected chi connectivity index (χ1v) is 7.89. The predicted octanol–water partition coefficient (Wildman–Crippen LogP) is 0.685. The van der Waals surface area contributed by atoms with Crippen LogP contribution < -0.4 is 0 Å². The van der Waals surface area contributed by atoms with Gasteiger partial charge in [-0.25, -0.2) is 0 Å². The van der Waals surface area contributed by atoms with Gasteiger partial charge in [0.2, 0.25) is 6.29 Å². The summed E-state index contributed by atoms with van der Waals surface area (Å²) in [5.41, 5.74) is -1.42. The van der Waals surface area contributed by atoms with Crippen molar-refractivity contribution in [2.24, 2.45) is 5.41 Å². The van der Waals surface area contributed by atoms with Crippen molar-refractivity contribution >= 4 is 5.97 Å². The van der Waals surface area contributed by atoms with Crippen LogP contribution in [0.25, 0.3) is 0 Å². The monoisotopic (exact) mass is 314 g/mol. The van der Waals surface area contributed by atoms with E-state index in [1.807, 2.05) is 6.92 Å². The number of carbonyl (C=O) groups is 1. The largest absolute Gasteiger partial charge is 0.433 e. The lowest BCUT2D eigenvalue weighted by Crippen LogP contribution is -2.69. The second kappa shape index (κ2) is 4.64. The van der Waals surface area contributed by atoms with Crippen LogP contribution in [0.2, 0.25) is 0 Å². The van der Waals surface area contributed by atoms with Crippen molar-refractivity contribution in [3.63, 3.8) is 0 Å². The molecule has 0 aromatic carbocycles. The van der Waals surface area contributed by atoms with E-state index in [9.17, 15) is 9.90 Å². The van der Waals surface area contributed by atoms with E-state index in [-0.39, 0.29) is 0 Å². The van der Waals surface area contributed by atoms with E-state index >= 15 is 0 Å². The average molecular weight is 314 g/mol. The zero-order valence-electron chi connectivity index (χ0n) is 12.9. The first-order chi connectivity index (χ1) is 10.4. The van der Waals surface area contributed by atoms with E-state index in [0.29, 0.717) is 26.1 Å². The Bertz CT molecular complexity index is 488. The molecule has 4 rings (SSSR count). The highest BCUT2D eigenvalue weighted by molar-refractivity contribution is 5.66. The molecule has 7 heteroatoms. The second-order valence-corrected chi connectivity index (χ2v) is 6.84. The van der Waals surface area contributed by atoms with Crippen molar-refractivity contribution in [1.29, 1.82) is 0 Å². The molecule has 0 aromatic rings. The lowest BCUT2D eigenvalue weighted by atomic mass is 9.58. The van der Waals surface area contributed by atoms with E-state index in [4.69, 9.17) is 23.7 Å². The molecule has 0 radical (unpaired) electrons. The maximum atomic E-state index is 11.3. The number of ether oxygens (including phenoxy) is 5. The van der Waals surface area contributed by atoms with Gasteiger partial charge >= 0.3 is 5.97 Å². The fourth-order valence-electron chi connectivity index (χ4n) is 4.82. The summed E-state index contributed by atoms with van der Waals surface area (Å²) in [7, 11) is 0. The smallest absolute Gasteiger partial charge is 0.305 e. The third kappa shape index (κ3) is 1.66. The van der Waals surface area contributed by atoms with Crippen LogP contribution in [0.15, 0.2) is 0 Å². The van der Waals surface area contributed by atoms with E-state index < -0.39 is 41.5 Å². The SMILES string of the molecule is CC(=O)O[C@H]1O[C@H]2C[C@]3(C)C4(CCC[C@@]3(O2)[C@@H]1O)OCCO4. The lowest BCUT2D eigenvalue weighted by Gasteiger charge is -2.56.